The molecule has 1 heterocycles. The molecule has 1 saturated carbocycles. The van der Waals surface area contributed by atoms with Gasteiger partial charge in [0.1, 0.15) is 9.84 Å². The summed E-state index contributed by atoms with van der Waals surface area (Å²) in [7, 11) is -0.946. The van der Waals surface area contributed by atoms with E-state index in [1.165, 1.54) is 6.26 Å². The first kappa shape index (κ1) is 17.1. The lowest BCUT2D eigenvalue weighted by molar-refractivity contribution is -0.192. The zero-order chi connectivity index (χ0) is 15.5. The van der Waals surface area contributed by atoms with E-state index in [-0.39, 0.29) is 11.8 Å². The molecule has 1 N–H and O–H groups in total. The van der Waals surface area contributed by atoms with Crippen molar-refractivity contribution in [2.75, 3.05) is 45.4 Å². The second kappa shape index (κ2) is 6.91. The molecule has 0 aromatic heterocycles. The van der Waals surface area contributed by atoms with Crippen LogP contribution in [0.15, 0.2) is 0 Å². The molecule has 2 rings (SSSR count). The maximum atomic E-state index is 11.4. The van der Waals surface area contributed by atoms with E-state index in [9.17, 15) is 8.42 Å². The van der Waals surface area contributed by atoms with Crippen molar-refractivity contribution in [1.82, 2.24) is 10.2 Å². The highest BCUT2D eigenvalue weighted by atomic mass is 32.2. The van der Waals surface area contributed by atoms with Crippen molar-refractivity contribution in [2.45, 2.75) is 44.1 Å². The average Bonchev–Trinajstić information content (AvgIpc) is 2.86. The van der Waals surface area contributed by atoms with Gasteiger partial charge in [-0.2, -0.15) is 0 Å². The predicted molar refractivity (Wildman–Crippen MR) is 82.1 cm³/mol. The number of hydrogen-bond acceptors (Lipinski definition) is 6. The zero-order valence-electron chi connectivity index (χ0n) is 13.3. The third-order valence-electron chi connectivity index (χ3n) is 4.48. The quantitative estimate of drug-likeness (QED) is 0.756. The molecule has 2 aliphatic rings. The molecule has 0 radical (unpaired) electrons. The average molecular weight is 320 g/mol. The number of nitrogens with one attached hydrogen (secondary N) is 1. The normalized spacial score (nSPS) is 29.3. The Morgan fingerprint density at radius 1 is 1.33 bits per heavy atom. The number of sulfone groups is 1. The van der Waals surface area contributed by atoms with Crippen LogP contribution in [0.1, 0.15) is 26.2 Å². The fourth-order valence-corrected chi connectivity index (χ4v) is 3.95. The van der Waals surface area contributed by atoms with Gasteiger partial charge in [-0.15, -0.1) is 0 Å². The molecule has 1 saturated heterocycles. The van der Waals surface area contributed by atoms with Crippen LogP contribution >= 0.6 is 0 Å². The van der Waals surface area contributed by atoms with Crippen LogP contribution in [-0.4, -0.2) is 76.5 Å². The van der Waals surface area contributed by atoms with E-state index in [2.05, 4.69) is 17.1 Å². The molecule has 0 aromatic rings. The molecule has 2 atom stereocenters. The fourth-order valence-electron chi connectivity index (χ4n) is 3.33. The van der Waals surface area contributed by atoms with Crippen molar-refractivity contribution in [1.29, 1.82) is 0 Å². The second-order valence-electron chi connectivity index (χ2n) is 6.19. The lowest BCUT2D eigenvalue weighted by atomic mass is 9.84. The largest absolute Gasteiger partial charge is 0.347 e. The highest BCUT2D eigenvalue weighted by Crippen LogP contribution is 2.37. The maximum Gasteiger partial charge on any atom is 0.170 e. The van der Waals surface area contributed by atoms with Crippen LogP contribution in [0.25, 0.3) is 0 Å². The molecule has 0 bridgehead atoms. The number of hydrogen-bond donors (Lipinski definition) is 1. The predicted octanol–water partition coefficient (Wildman–Crippen LogP) is 0.237. The van der Waals surface area contributed by atoms with E-state index in [0.29, 0.717) is 25.8 Å². The molecule has 21 heavy (non-hydrogen) atoms. The molecule has 2 unspecified atom stereocenters. The Kier molecular flexibility index (Phi) is 5.65. The zero-order valence-corrected chi connectivity index (χ0v) is 14.1. The minimum Gasteiger partial charge on any atom is -0.347 e. The smallest absolute Gasteiger partial charge is 0.170 e. The van der Waals surface area contributed by atoms with Crippen molar-refractivity contribution < 1.29 is 17.9 Å². The summed E-state index contributed by atoms with van der Waals surface area (Å²) in [5.74, 6) is -0.260. The Morgan fingerprint density at radius 3 is 2.57 bits per heavy atom. The molecular weight excluding hydrogens is 292 g/mol. The topological polar surface area (TPSA) is 67.9 Å². The van der Waals surface area contributed by atoms with Crippen molar-refractivity contribution in [3.05, 3.63) is 0 Å². The second-order valence-corrected chi connectivity index (χ2v) is 8.45. The van der Waals surface area contributed by atoms with Crippen molar-refractivity contribution in [3.8, 4) is 0 Å². The van der Waals surface area contributed by atoms with Crippen molar-refractivity contribution >= 4 is 9.84 Å². The van der Waals surface area contributed by atoms with Gasteiger partial charge in [-0.3, -0.25) is 0 Å². The molecule has 7 heteroatoms. The van der Waals surface area contributed by atoms with Gasteiger partial charge in [0.2, 0.25) is 0 Å². The fraction of sp³-hybridized carbons (Fsp3) is 1.00. The van der Waals surface area contributed by atoms with Gasteiger partial charge in [-0.05, 0) is 20.0 Å². The van der Waals surface area contributed by atoms with Crippen LogP contribution in [0.4, 0.5) is 0 Å². The van der Waals surface area contributed by atoms with Crippen molar-refractivity contribution in [2.24, 2.45) is 0 Å². The van der Waals surface area contributed by atoms with Crippen molar-refractivity contribution in [3.63, 3.8) is 0 Å². The molecule has 0 aromatic carbocycles. The third-order valence-corrected chi connectivity index (χ3v) is 5.41. The SMILES string of the molecule is CCNC1CCC2(CC1N(C)CCS(C)(=O)=O)OCCO2. The summed E-state index contributed by atoms with van der Waals surface area (Å²) in [5, 5.41) is 3.52. The van der Waals surface area contributed by atoms with Crippen LogP contribution in [0.3, 0.4) is 0 Å². The summed E-state index contributed by atoms with van der Waals surface area (Å²) in [6.45, 7) is 4.87. The molecule has 124 valence electrons. The number of nitrogens with zero attached hydrogens (tertiary/aromatic N) is 1. The highest BCUT2D eigenvalue weighted by molar-refractivity contribution is 7.90. The van der Waals surface area contributed by atoms with E-state index in [1.54, 1.807) is 0 Å². The molecule has 1 aliphatic heterocycles. The first-order chi connectivity index (χ1) is 9.85. The van der Waals surface area contributed by atoms with Gasteiger partial charge in [0.05, 0.1) is 19.0 Å². The van der Waals surface area contributed by atoms with Gasteiger partial charge < -0.3 is 19.7 Å². The van der Waals surface area contributed by atoms with Gasteiger partial charge in [-0.1, -0.05) is 6.92 Å². The van der Waals surface area contributed by atoms with Gasteiger partial charge in [0, 0.05) is 37.7 Å². The highest BCUT2D eigenvalue weighted by Gasteiger charge is 2.46. The number of rotatable bonds is 6. The summed E-state index contributed by atoms with van der Waals surface area (Å²) in [6.07, 6.45) is 3.97. The van der Waals surface area contributed by atoms with E-state index in [4.69, 9.17) is 9.47 Å². The molecule has 0 amide bonds. The molecule has 6 nitrogen and oxygen atoms in total. The van der Waals surface area contributed by atoms with Gasteiger partial charge >= 0.3 is 0 Å². The van der Waals surface area contributed by atoms with E-state index in [0.717, 1.165) is 25.8 Å². The van der Waals surface area contributed by atoms with E-state index >= 15 is 0 Å². The molecule has 2 fully saturated rings. The minimum absolute atomic E-state index is 0.188. The van der Waals surface area contributed by atoms with Gasteiger partial charge in [-0.25, -0.2) is 8.42 Å². The van der Waals surface area contributed by atoms with Crippen LogP contribution < -0.4 is 5.32 Å². The third kappa shape index (κ3) is 4.63. The summed E-state index contributed by atoms with van der Waals surface area (Å²) in [5.41, 5.74) is 0. The van der Waals surface area contributed by atoms with E-state index < -0.39 is 15.6 Å². The Labute approximate surface area is 128 Å². The van der Waals surface area contributed by atoms with Crippen LogP contribution in [0, 0.1) is 0 Å². The summed E-state index contributed by atoms with van der Waals surface area (Å²) in [4.78, 5) is 2.14. The Hall–Kier alpha value is -0.210. The van der Waals surface area contributed by atoms with Crippen LogP contribution in [0.5, 0.6) is 0 Å². The molecule has 1 spiro atoms. The molecule has 1 aliphatic carbocycles. The monoisotopic (exact) mass is 320 g/mol. The minimum atomic E-state index is -2.94. The lowest BCUT2D eigenvalue weighted by Gasteiger charge is -2.45. The summed E-state index contributed by atoms with van der Waals surface area (Å²) in [6, 6.07) is 0.594. The summed E-state index contributed by atoms with van der Waals surface area (Å²) < 4.78 is 34.4. The lowest BCUT2D eigenvalue weighted by Crippen LogP contribution is -2.57. The number of likely N-dealkylation sites (N-methyl/N-ethyl adjacent to an activating group) is 2. The van der Waals surface area contributed by atoms with Gasteiger partial charge in [0.15, 0.2) is 5.79 Å². The Morgan fingerprint density at radius 2 is 2.00 bits per heavy atom. The van der Waals surface area contributed by atoms with Gasteiger partial charge in [0.25, 0.3) is 0 Å². The Balaban J connectivity index is 2.02. The Bertz CT molecular complexity index is 434. The van der Waals surface area contributed by atoms with E-state index in [1.807, 2.05) is 7.05 Å². The van der Waals surface area contributed by atoms with Crippen LogP contribution in [0.2, 0.25) is 0 Å². The maximum absolute atomic E-state index is 11.4. The number of ether oxygens (including phenoxy) is 2. The summed E-state index contributed by atoms with van der Waals surface area (Å²) >= 11 is 0. The van der Waals surface area contributed by atoms with Crippen LogP contribution in [-0.2, 0) is 19.3 Å². The first-order valence-electron chi connectivity index (χ1n) is 7.74. The molecular formula is C14H28N2O4S. The standard InChI is InChI=1S/C14H28N2O4S/c1-4-15-12-5-6-14(19-8-9-20-14)11-13(12)16(2)7-10-21(3,17)18/h12-13,15H,4-11H2,1-3H3. The first-order valence-corrected chi connectivity index (χ1v) is 9.80.